The van der Waals surface area contributed by atoms with E-state index in [2.05, 4.69) is 54.0 Å². The zero-order valence-electron chi connectivity index (χ0n) is 9.73. The van der Waals surface area contributed by atoms with E-state index in [0.29, 0.717) is 6.04 Å². The van der Waals surface area contributed by atoms with Crippen molar-refractivity contribution in [3.05, 3.63) is 57.8 Å². The Balaban J connectivity index is 2.37. The molecule has 0 aliphatic rings. The lowest BCUT2D eigenvalue weighted by atomic mass is 10.0. The Labute approximate surface area is 101 Å². The SMILES string of the molecule is CCc1ccsc1C(NC)c1ccccc1. The van der Waals surface area contributed by atoms with Crippen molar-refractivity contribution in [3.63, 3.8) is 0 Å². The second-order valence-electron chi connectivity index (χ2n) is 3.80. The number of hydrogen-bond acceptors (Lipinski definition) is 2. The number of thiophene rings is 1. The molecule has 1 N–H and O–H groups in total. The van der Waals surface area contributed by atoms with Gasteiger partial charge < -0.3 is 5.32 Å². The summed E-state index contributed by atoms with van der Waals surface area (Å²) in [6.45, 7) is 2.21. The van der Waals surface area contributed by atoms with Crippen molar-refractivity contribution < 1.29 is 0 Å². The lowest BCUT2D eigenvalue weighted by Crippen LogP contribution is -2.17. The van der Waals surface area contributed by atoms with Gasteiger partial charge in [-0.2, -0.15) is 0 Å². The Morgan fingerprint density at radius 3 is 2.56 bits per heavy atom. The van der Waals surface area contributed by atoms with Crippen molar-refractivity contribution in [2.45, 2.75) is 19.4 Å². The summed E-state index contributed by atoms with van der Waals surface area (Å²) in [4.78, 5) is 1.44. The molecule has 1 aromatic carbocycles. The number of rotatable bonds is 4. The van der Waals surface area contributed by atoms with Crippen molar-refractivity contribution in [3.8, 4) is 0 Å². The van der Waals surface area contributed by atoms with Crippen molar-refractivity contribution in [1.82, 2.24) is 5.32 Å². The molecule has 0 spiro atoms. The maximum absolute atomic E-state index is 3.41. The van der Waals surface area contributed by atoms with Crippen LogP contribution in [0.1, 0.15) is 29.0 Å². The van der Waals surface area contributed by atoms with Gasteiger partial charge in [-0.05, 0) is 36.0 Å². The first-order valence-corrected chi connectivity index (χ1v) is 6.53. The van der Waals surface area contributed by atoms with Gasteiger partial charge in [0.2, 0.25) is 0 Å². The van der Waals surface area contributed by atoms with Gasteiger partial charge in [-0.3, -0.25) is 0 Å². The fourth-order valence-corrected chi connectivity index (χ4v) is 3.12. The van der Waals surface area contributed by atoms with Gasteiger partial charge in [0.05, 0.1) is 6.04 Å². The van der Waals surface area contributed by atoms with Gasteiger partial charge in [0.25, 0.3) is 0 Å². The van der Waals surface area contributed by atoms with E-state index in [0.717, 1.165) is 6.42 Å². The van der Waals surface area contributed by atoms with Gasteiger partial charge in [0.15, 0.2) is 0 Å². The molecular weight excluding hydrogens is 214 g/mol. The minimum absolute atomic E-state index is 0.330. The zero-order chi connectivity index (χ0) is 11.4. The Morgan fingerprint density at radius 2 is 1.94 bits per heavy atom. The molecule has 2 aromatic rings. The largest absolute Gasteiger partial charge is 0.309 e. The summed E-state index contributed by atoms with van der Waals surface area (Å²) in [5, 5.41) is 5.59. The van der Waals surface area contributed by atoms with Gasteiger partial charge in [-0.15, -0.1) is 11.3 Å². The first kappa shape index (κ1) is 11.4. The van der Waals surface area contributed by atoms with Gasteiger partial charge in [-0.25, -0.2) is 0 Å². The van der Waals surface area contributed by atoms with Crippen LogP contribution in [0.3, 0.4) is 0 Å². The topological polar surface area (TPSA) is 12.0 Å². The first-order chi connectivity index (χ1) is 7.86. The van der Waals surface area contributed by atoms with E-state index in [1.807, 2.05) is 18.4 Å². The highest BCUT2D eigenvalue weighted by Crippen LogP contribution is 2.29. The highest BCUT2D eigenvalue weighted by molar-refractivity contribution is 7.10. The van der Waals surface area contributed by atoms with E-state index >= 15 is 0 Å². The molecule has 0 saturated carbocycles. The molecule has 0 bridgehead atoms. The minimum atomic E-state index is 0.330. The maximum Gasteiger partial charge on any atom is 0.0671 e. The average molecular weight is 231 g/mol. The maximum atomic E-state index is 3.41. The van der Waals surface area contributed by atoms with Crippen molar-refractivity contribution in [1.29, 1.82) is 0 Å². The summed E-state index contributed by atoms with van der Waals surface area (Å²) in [6, 6.07) is 13.2. The summed E-state index contributed by atoms with van der Waals surface area (Å²) in [5.74, 6) is 0. The minimum Gasteiger partial charge on any atom is -0.309 e. The molecule has 16 heavy (non-hydrogen) atoms. The molecule has 0 saturated heterocycles. The highest BCUT2D eigenvalue weighted by atomic mass is 32.1. The molecule has 0 amide bonds. The number of nitrogens with one attached hydrogen (secondary N) is 1. The molecule has 0 radical (unpaired) electrons. The second kappa shape index (κ2) is 5.28. The van der Waals surface area contributed by atoms with Crippen LogP contribution in [-0.4, -0.2) is 7.05 Å². The molecule has 0 aliphatic heterocycles. The predicted octanol–water partition coefficient (Wildman–Crippen LogP) is 3.62. The third-order valence-corrected chi connectivity index (χ3v) is 3.87. The quantitative estimate of drug-likeness (QED) is 0.847. The van der Waals surface area contributed by atoms with Gasteiger partial charge in [-0.1, -0.05) is 37.3 Å². The summed E-state index contributed by atoms with van der Waals surface area (Å²) in [5.41, 5.74) is 2.79. The Bertz CT molecular complexity index is 433. The van der Waals surface area contributed by atoms with Gasteiger partial charge in [0.1, 0.15) is 0 Å². The highest BCUT2D eigenvalue weighted by Gasteiger charge is 2.15. The molecule has 1 nitrogen and oxygen atoms in total. The van der Waals surface area contributed by atoms with Crippen molar-refractivity contribution >= 4 is 11.3 Å². The third kappa shape index (κ3) is 2.18. The molecule has 2 rings (SSSR count). The van der Waals surface area contributed by atoms with Crippen LogP contribution < -0.4 is 5.32 Å². The fourth-order valence-electron chi connectivity index (χ4n) is 1.99. The van der Waals surface area contributed by atoms with E-state index in [9.17, 15) is 0 Å². The van der Waals surface area contributed by atoms with E-state index in [1.165, 1.54) is 16.0 Å². The Hall–Kier alpha value is -1.12. The van der Waals surface area contributed by atoms with Crippen LogP contribution in [0.2, 0.25) is 0 Å². The Kier molecular flexibility index (Phi) is 3.75. The van der Waals surface area contributed by atoms with Crippen LogP contribution in [-0.2, 0) is 6.42 Å². The van der Waals surface area contributed by atoms with Crippen LogP contribution >= 0.6 is 11.3 Å². The lowest BCUT2D eigenvalue weighted by Gasteiger charge is -2.16. The first-order valence-electron chi connectivity index (χ1n) is 5.65. The Morgan fingerprint density at radius 1 is 1.19 bits per heavy atom. The normalized spacial score (nSPS) is 12.6. The summed E-state index contributed by atoms with van der Waals surface area (Å²) < 4.78 is 0. The smallest absolute Gasteiger partial charge is 0.0671 e. The molecule has 0 fully saturated rings. The molecule has 0 aliphatic carbocycles. The van der Waals surface area contributed by atoms with Crippen molar-refractivity contribution in [2.75, 3.05) is 7.05 Å². The average Bonchev–Trinajstić information content (AvgIpc) is 2.80. The fraction of sp³-hybridized carbons (Fsp3) is 0.286. The van der Waals surface area contributed by atoms with Crippen LogP contribution in [0.5, 0.6) is 0 Å². The van der Waals surface area contributed by atoms with E-state index in [-0.39, 0.29) is 0 Å². The van der Waals surface area contributed by atoms with Crippen LogP contribution in [0.4, 0.5) is 0 Å². The monoisotopic (exact) mass is 231 g/mol. The van der Waals surface area contributed by atoms with Crippen molar-refractivity contribution in [2.24, 2.45) is 0 Å². The third-order valence-electron chi connectivity index (χ3n) is 2.85. The molecule has 1 aromatic heterocycles. The number of benzene rings is 1. The van der Waals surface area contributed by atoms with Crippen LogP contribution in [0, 0.1) is 0 Å². The molecule has 2 heteroatoms. The zero-order valence-corrected chi connectivity index (χ0v) is 10.6. The molecular formula is C14H17NS. The van der Waals surface area contributed by atoms with Gasteiger partial charge in [0, 0.05) is 4.88 Å². The van der Waals surface area contributed by atoms with Crippen LogP contribution in [0.15, 0.2) is 41.8 Å². The lowest BCUT2D eigenvalue weighted by molar-refractivity contribution is 0.697. The van der Waals surface area contributed by atoms with E-state index < -0.39 is 0 Å². The molecule has 1 unspecified atom stereocenters. The standard InChI is InChI=1S/C14H17NS/c1-3-11-9-10-16-14(11)13(15-2)12-7-5-4-6-8-12/h4-10,13,15H,3H2,1-2H3. The predicted molar refractivity (Wildman–Crippen MR) is 71.0 cm³/mol. The second-order valence-corrected chi connectivity index (χ2v) is 4.74. The van der Waals surface area contributed by atoms with E-state index in [4.69, 9.17) is 0 Å². The number of hydrogen-bond donors (Lipinski definition) is 1. The van der Waals surface area contributed by atoms with E-state index in [1.54, 1.807) is 0 Å². The summed E-state index contributed by atoms with van der Waals surface area (Å²) in [7, 11) is 2.02. The van der Waals surface area contributed by atoms with Crippen LogP contribution in [0.25, 0.3) is 0 Å². The summed E-state index contributed by atoms with van der Waals surface area (Å²) >= 11 is 1.84. The molecule has 1 heterocycles. The summed E-state index contributed by atoms with van der Waals surface area (Å²) in [6.07, 6.45) is 1.10. The number of aryl methyl sites for hydroxylation is 1. The molecule has 1 atom stereocenters. The molecule has 84 valence electrons. The van der Waals surface area contributed by atoms with Gasteiger partial charge >= 0.3 is 0 Å².